The normalized spacial score (nSPS) is 22.5. The van der Waals surface area contributed by atoms with E-state index in [0.717, 1.165) is 18.8 Å². The third kappa shape index (κ3) is 3.54. The van der Waals surface area contributed by atoms with Crippen molar-refractivity contribution in [3.8, 4) is 0 Å². The van der Waals surface area contributed by atoms with Crippen molar-refractivity contribution in [3.63, 3.8) is 0 Å². The van der Waals surface area contributed by atoms with E-state index in [1.807, 2.05) is 0 Å². The van der Waals surface area contributed by atoms with Gasteiger partial charge in [0.15, 0.2) is 0 Å². The van der Waals surface area contributed by atoms with Gasteiger partial charge in [-0.1, -0.05) is 0 Å². The van der Waals surface area contributed by atoms with Crippen LogP contribution < -0.4 is 4.90 Å². The van der Waals surface area contributed by atoms with E-state index in [9.17, 15) is 18.0 Å². The highest BCUT2D eigenvalue weighted by Crippen LogP contribution is 2.29. The predicted molar refractivity (Wildman–Crippen MR) is 74.8 cm³/mol. The van der Waals surface area contributed by atoms with Gasteiger partial charge < -0.3 is 14.5 Å². The molecule has 1 aromatic heterocycles. The highest BCUT2D eigenvalue weighted by molar-refractivity contribution is 5.79. The topological polar surface area (TPSA) is 58.6 Å². The third-order valence-electron chi connectivity index (χ3n) is 4.14. The third-order valence-corrected chi connectivity index (χ3v) is 4.14. The number of piperazine rings is 1. The minimum absolute atomic E-state index is 0.0702. The molecule has 0 aliphatic carbocycles. The summed E-state index contributed by atoms with van der Waals surface area (Å²) >= 11 is 0. The van der Waals surface area contributed by atoms with Crippen LogP contribution in [0.2, 0.25) is 0 Å². The number of ether oxygens (including phenoxy) is 1. The van der Waals surface area contributed by atoms with E-state index in [-0.39, 0.29) is 17.6 Å². The SMILES string of the molecule is O=C([C@H]1CCOC1)N1CCN(c2cc(C(F)(F)F)ncn2)CC1. The molecule has 1 aromatic rings. The molecular weight excluding hydrogens is 313 g/mol. The lowest BCUT2D eigenvalue weighted by Crippen LogP contribution is -2.50. The van der Waals surface area contributed by atoms with Gasteiger partial charge in [0, 0.05) is 38.9 Å². The Morgan fingerprint density at radius 2 is 1.96 bits per heavy atom. The van der Waals surface area contributed by atoms with Gasteiger partial charge in [-0.05, 0) is 6.42 Å². The van der Waals surface area contributed by atoms with Crippen LogP contribution in [0.15, 0.2) is 12.4 Å². The van der Waals surface area contributed by atoms with E-state index in [0.29, 0.717) is 39.4 Å². The van der Waals surface area contributed by atoms with Gasteiger partial charge in [-0.3, -0.25) is 4.79 Å². The van der Waals surface area contributed by atoms with E-state index in [2.05, 4.69) is 9.97 Å². The number of carbonyl (C=O) groups is 1. The van der Waals surface area contributed by atoms with E-state index in [1.54, 1.807) is 9.80 Å². The Bertz CT molecular complexity index is 567. The van der Waals surface area contributed by atoms with Crippen LogP contribution in [-0.4, -0.2) is 60.2 Å². The van der Waals surface area contributed by atoms with Crippen LogP contribution in [0.1, 0.15) is 12.1 Å². The van der Waals surface area contributed by atoms with E-state index in [1.165, 1.54) is 0 Å². The first-order valence-electron chi connectivity index (χ1n) is 7.46. The van der Waals surface area contributed by atoms with Gasteiger partial charge in [0.25, 0.3) is 0 Å². The Morgan fingerprint density at radius 1 is 1.22 bits per heavy atom. The summed E-state index contributed by atoms with van der Waals surface area (Å²) in [6.45, 7) is 2.92. The minimum atomic E-state index is -4.49. The average molecular weight is 330 g/mol. The van der Waals surface area contributed by atoms with Crippen molar-refractivity contribution in [1.82, 2.24) is 14.9 Å². The first kappa shape index (κ1) is 16.0. The number of amides is 1. The van der Waals surface area contributed by atoms with Gasteiger partial charge in [-0.25, -0.2) is 9.97 Å². The van der Waals surface area contributed by atoms with Gasteiger partial charge in [-0.15, -0.1) is 0 Å². The fourth-order valence-corrected chi connectivity index (χ4v) is 2.82. The molecule has 1 atom stereocenters. The Balaban J connectivity index is 1.61. The zero-order chi connectivity index (χ0) is 16.4. The number of rotatable bonds is 2. The highest BCUT2D eigenvalue weighted by atomic mass is 19.4. The fraction of sp³-hybridized carbons (Fsp3) is 0.643. The number of halogens is 3. The first-order valence-corrected chi connectivity index (χ1v) is 7.46. The lowest BCUT2D eigenvalue weighted by molar-refractivity contribution is -0.141. The molecule has 0 bridgehead atoms. The maximum Gasteiger partial charge on any atom is 0.433 e. The molecule has 6 nitrogen and oxygen atoms in total. The highest BCUT2D eigenvalue weighted by Gasteiger charge is 2.34. The molecule has 3 rings (SSSR count). The molecule has 0 saturated carbocycles. The van der Waals surface area contributed by atoms with Crippen LogP contribution in [0.3, 0.4) is 0 Å². The molecule has 3 heterocycles. The number of alkyl halides is 3. The summed E-state index contributed by atoms with van der Waals surface area (Å²) in [7, 11) is 0. The number of hydrogen-bond acceptors (Lipinski definition) is 5. The van der Waals surface area contributed by atoms with Crippen LogP contribution in [-0.2, 0) is 15.7 Å². The predicted octanol–water partition coefficient (Wildman–Crippen LogP) is 1.18. The van der Waals surface area contributed by atoms with Crippen molar-refractivity contribution in [2.24, 2.45) is 5.92 Å². The van der Waals surface area contributed by atoms with Crippen LogP contribution in [0.25, 0.3) is 0 Å². The zero-order valence-electron chi connectivity index (χ0n) is 12.4. The quantitative estimate of drug-likeness (QED) is 0.815. The molecule has 2 fully saturated rings. The molecule has 23 heavy (non-hydrogen) atoms. The standard InChI is InChI=1S/C14H17F3N4O2/c15-14(16,17)11-7-12(19-9-18-11)20-2-4-21(5-3-20)13(22)10-1-6-23-8-10/h7,9-10H,1-6,8H2/t10-/m0/s1. The summed E-state index contributed by atoms with van der Waals surface area (Å²) in [4.78, 5) is 23.0. The molecule has 2 saturated heterocycles. The summed E-state index contributed by atoms with van der Waals surface area (Å²) in [6, 6.07) is 0.947. The van der Waals surface area contributed by atoms with Crippen LogP contribution in [0.4, 0.5) is 19.0 Å². The average Bonchev–Trinajstić information content (AvgIpc) is 3.08. The van der Waals surface area contributed by atoms with Crippen molar-refractivity contribution in [3.05, 3.63) is 18.1 Å². The van der Waals surface area contributed by atoms with Gasteiger partial charge in [0.2, 0.25) is 5.91 Å². The molecule has 0 radical (unpaired) electrons. The van der Waals surface area contributed by atoms with Crippen LogP contribution >= 0.6 is 0 Å². The summed E-state index contributed by atoms with van der Waals surface area (Å²) in [5.41, 5.74) is -0.955. The van der Waals surface area contributed by atoms with Gasteiger partial charge in [0.1, 0.15) is 17.8 Å². The Labute approximate surface area is 131 Å². The molecule has 9 heteroatoms. The molecule has 2 aliphatic rings. The lowest BCUT2D eigenvalue weighted by atomic mass is 10.1. The number of aromatic nitrogens is 2. The largest absolute Gasteiger partial charge is 0.433 e. The summed E-state index contributed by atoms with van der Waals surface area (Å²) in [5, 5.41) is 0. The minimum Gasteiger partial charge on any atom is -0.381 e. The number of nitrogens with zero attached hydrogens (tertiary/aromatic N) is 4. The monoisotopic (exact) mass is 330 g/mol. The first-order chi connectivity index (χ1) is 10.9. The molecule has 0 spiro atoms. The molecule has 126 valence electrons. The number of hydrogen-bond donors (Lipinski definition) is 0. The second-order valence-corrected chi connectivity index (χ2v) is 5.63. The van der Waals surface area contributed by atoms with Gasteiger partial charge >= 0.3 is 6.18 Å². The molecule has 1 amide bonds. The van der Waals surface area contributed by atoms with E-state index < -0.39 is 11.9 Å². The van der Waals surface area contributed by atoms with Crippen molar-refractivity contribution >= 4 is 11.7 Å². The molecular formula is C14H17F3N4O2. The van der Waals surface area contributed by atoms with E-state index in [4.69, 9.17) is 4.74 Å². The van der Waals surface area contributed by atoms with Crippen molar-refractivity contribution in [2.45, 2.75) is 12.6 Å². The fourth-order valence-electron chi connectivity index (χ4n) is 2.82. The maximum absolute atomic E-state index is 12.7. The molecule has 0 N–H and O–H groups in total. The van der Waals surface area contributed by atoms with Crippen molar-refractivity contribution < 1.29 is 22.7 Å². The Morgan fingerprint density at radius 3 is 2.57 bits per heavy atom. The summed E-state index contributed by atoms with van der Waals surface area (Å²) < 4.78 is 43.3. The summed E-state index contributed by atoms with van der Waals surface area (Å²) in [6.07, 6.45) is -2.83. The second-order valence-electron chi connectivity index (χ2n) is 5.63. The molecule has 0 aromatic carbocycles. The van der Waals surface area contributed by atoms with E-state index >= 15 is 0 Å². The Kier molecular flexibility index (Phi) is 4.38. The summed E-state index contributed by atoms with van der Waals surface area (Å²) in [5.74, 6) is 0.224. The maximum atomic E-state index is 12.7. The molecule has 2 aliphatic heterocycles. The smallest absolute Gasteiger partial charge is 0.381 e. The Hall–Kier alpha value is -1.90. The van der Waals surface area contributed by atoms with Crippen LogP contribution in [0, 0.1) is 5.92 Å². The van der Waals surface area contributed by atoms with Gasteiger partial charge in [-0.2, -0.15) is 13.2 Å². The molecule has 0 unspecified atom stereocenters. The number of anilines is 1. The lowest BCUT2D eigenvalue weighted by Gasteiger charge is -2.36. The van der Waals surface area contributed by atoms with Crippen molar-refractivity contribution in [2.75, 3.05) is 44.3 Å². The van der Waals surface area contributed by atoms with Gasteiger partial charge in [0.05, 0.1) is 12.5 Å². The zero-order valence-corrected chi connectivity index (χ0v) is 12.4. The van der Waals surface area contributed by atoms with Crippen molar-refractivity contribution in [1.29, 1.82) is 0 Å². The number of carbonyl (C=O) groups excluding carboxylic acids is 1. The van der Waals surface area contributed by atoms with Crippen LogP contribution in [0.5, 0.6) is 0 Å². The second kappa shape index (κ2) is 6.31.